The summed E-state index contributed by atoms with van der Waals surface area (Å²) in [6.07, 6.45) is -1.42. The summed E-state index contributed by atoms with van der Waals surface area (Å²) in [6, 6.07) is 6.74. The number of rotatable bonds is 7. The summed E-state index contributed by atoms with van der Waals surface area (Å²) in [4.78, 5) is 3.89. The summed E-state index contributed by atoms with van der Waals surface area (Å²) in [5.41, 5.74) is 1.33. The van der Waals surface area contributed by atoms with Crippen molar-refractivity contribution in [2.45, 2.75) is 23.6 Å². The molecule has 0 atom stereocenters. The van der Waals surface area contributed by atoms with E-state index in [0.29, 0.717) is 27.3 Å². The molecule has 0 amide bonds. The molecule has 0 aliphatic carbocycles. The van der Waals surface area contributed by atoms with Gasteiger partial charge in [0.05, 0.1) is 18.7 Å². The monoisotopic (exact) mass is 488 g/mol. The molecule has 2 aromatic heterocycles. The molecule has 0 aliphatic rings. The maximum Gasteiger partial charge on any atom is 0.406 e. The summed E-state index contributed by atoms with van der Waals surface area (Å²) >= 11 is 4.62. The van der Waals surface area contributed by atoms with Crippen molar-refractivity contribution in [3.63, 3.8) is 0 Å². The van der Waals surface area contributed by atoms with E-state index >= 15 is 0 Å². The van der Waals surface area contributed by atoms with E-state index in [1.54, 1.807) is 18.2 Å². The number of benzene rings is 1. The van der Waals surface area contributed by atoms with Gasteiger partial charge >= 0.3 is 6.18 Å². The summed E-state index contributed by atoms with van der Waals surface area (Å²) in [5, 5.41) is 8.12. The fraction of sp³-hybridized carbons (Fsp3) is 0.278. The largest absolute Gasteiger partial charge is 0.493 e. The molecule has 29 heavy (non-hydrogen) atoms. The minimum atomic E-state index is -4.41. The van der Waals surface area contributed by atoms with Crippen LogP contribution in [0.15, 0.2) is 46.3 Å². The van der Waals surface area contributed by atoms with Crippen LogP contribution in [0.3, 0.4) is 0 Å². The van der Waals surface area contributed by atoms with Gasteiger partial charge in [0.15, 0.2) is 22.5 Å². The highest BCUT2D eigenvalue weighted by molar-refractivity contribution is 9.10. The molecule has 0 spiro atoms. The molecule has 0 radical (unpaired) electrons. The van der Waals surface area contributed by atoms with E-state index in [4.69, 9.17) is 9.47 Å². The normalized spacial score (nSPS) is 11.5. The lowest BCUT2D eigenvalue weighted by atomic mass is 10.2. The molecule has 6 nitrogen and oxygen atoms in total. The fourth-order valence-electron chi connectivity index (χ4n) is 2.62. The molecule has 1 aromatic carbocycles. The van der Waals surface area contributed by atoms with Crippen molar-refractivity contribution in [3.05, 3.63) is 46.7 Å². The molecule has 0 saturated heterocycles. The molecule has 0 bridgehead atoms. The minimum absolute atomic E-state index is 0.138. The number of halogens is 4. The molecule has 0 fully saturated rings. The number of aromatic nitrogens is 4. The van der Waals surface area contributed by atoms with Crippen LogP contribution in [-0.2, 0) is 12.3 Å². The van der Waals surface area contributed by atoms with Gasteiger partial charge in [-0.25, -0.2) is 0 Å². The third-order valence-corrected chi connectivity index (χ3v) is 5.80. The van der Waals surface area contributed by atoms with Crippen LogP contribution in [0.4, 0.5) is 13.2 Å². The zero-order chi connectivity index (χ0) is 21.0. The third kappa shape index (κ3) is 5.02. The smallest absolute Gasteiger partial charge is 0.406 e. The number of ether oxygens (including phenoxy) is 2. The quantitative estimate of drug-likeness (QED) is 0.437. The molecule has 0 unspecified atom stereocenters. The summed E-state index contributed by atoms with van der Waals surface area (Å²) in [5.74, 6) is 1.56. The Bertz CT molecular complexity index is 983. The van der Waals surface area contributed by atoms with E-state index in [2.05, 4.69) is 31.1 Å². The van der Waals surface area contributed by atoms with Crippen molar-refractivity contribution >= 4 is 27.7 Å². The Morgan fingerprint density at radius 2 is 1.79 bits per heavy atom. The first-order chi connectivity index (χ1) is 13.8. The number of methoxy groups -OCH3 is 2. The van der Waals surface area contributed by atoms with Gasteiger partial charge < -0.3 is 9.47 Å². The highest BCUT2D eigenvalue weighted by Gasteiger charge is 2.31. The van der Waals surface area contributed by atoms with Crippen molar-refractivity contribution in [3.8, 4) is 22.9 Å². The van der Waals surface area contributed by atoms with Crippen molar-refractivity contribution in [2.24, 2.45) is 0 Å². The summed E-state index contributed by atoms with van der Waals surface area (Å²) < 4.78 is 51.8. The summed E-state index contributed by atoms with van der Waals surface area (Å²) in [7, 11) is 3.04. The maximum atomic E-state index is 13.2. The second-order valence-corrected chi connectivity index (χ2v) is 7.54. The van der Waals surface area contributed by atoms with Gasteiger partial charge in [-0.1, -0.05) is 17.8 Å². The Hall–Kier alpha value is -2.27. The Kier molecular flexibility index (Phi) is 6.68. The molecule has 2 heterocycles. The van der Waals surface area contributed by atoms with Crippen LogP contribution in [0.5, 0.6) is 11.5 Å². The maximum absolute atomic E-state index is 13.2. The number of thioether (sulfide) groups is 1. The zero-order valence-electron chi connectivity index (χ0n) is 15.4. The van der Waals surface area contributed by atoms with Crippen molar-refractivity contribution in [1.82, 2.24) is 19.7 Å². The number of hydrogen-bond acceptors (Lipinski definition) is 6. The lowest BCUT2D eigenvalue weighted by Crippen LogP contribution is -2.19. The topological polar surface area (TPSA) is 62.1 Å². The van der Waals surface area contributed by atoms with E-state index in [9.17, 15) is 13.2 Å². The van der Waals surface area contributed by atoms with Crippen LogP contribution >= 0.6 is 27.7 Å². The Labute approximate surface area is 177 Å². The van der Waals surface area contributed by atoms with Gasteiger partial charge in [0.2, 0.25) is 0 Å². The standard InChI is InChI=1S/C18H16BrF3N4O2S/c1-27-13-4-3-12(14(19)15(13)28-2)9-29-17-25-24-16(11-5-7-23-8-6-11)26(17)10-18(20,21)22/h3-8H,9-10H2,1-2H3. The summed E-state index contributed by atoms with van der Waals surface area (Å²) in [6.45, 7) is -1.19. The van der Waals surface area contributed by atoms with Crippen molar-refractivity contribution in [1.29, 1.82) is 0 Å². The number of alkyl halides is 3. The van der Waals surface area contributed by atoms with E-state index in [1.165, 1.54) is 26.6 Å². The lowest BCUT2D eigenvalue weighted by molar-refractivity contribution is -0.141. The van der Waals surface area contributed by atoms with Crippen LogP contribution in [0, 0.1) is 0 Å². The van der Waals surface area contributed by atoms with Gasteiger partial charge in [-0.15, -0.1) is 10.2 Å². The third-order valence-electron chi connectivity index (χ3n) is 3.91. The van der Waals surface area contributed by atoms with Crippen molar-refractivity contribution < 1.29 is 22.6 Å². The van der Waals surface area contributed by atoms with Crippen molar-refractivity contribution in [2.75, 3.05) is 14.2 Å². The van der Waals surface area contributed by atoms with Crippen LogP contribution in [-0.4, -0.2) is 40.1 Å². The molecule has 0 aliphatic heterocycles. The lowest BCUT2D eigenvalue weighted by Gasteiger charge is -2.14. The first-order valence-electron chi connectivity index (χ1n) is 8.26. The van der Waals surface area contributed by atoms with Gasteiger partial charge in [-0.3, -0.25) is 9.55 Å². The van der Waals surface area contributed by atoms with Crippen LogP contribution in [0.2, 0.25) is 0 Å². The predicted molar refractivity (Wildman–Crippen MR) is 106 cm³/mol. The molecular weight excluding hydrogens is 473 g/mol. The van der Waals surface area contributed by atoms with Gasteiger partial charge in [0.1, 0.15) is 6.54 Å². The predicted octanol–water partition coefficient (Wildman–Crippen LogP) is 4.97. The molecule has 3 aromatic rings. The van der Waals surface area contributed by atoms with E-state index in [1.807, 2.05) is 6.07 Å². The minimum Gasteiger partial charge on any atom is -0.493 e. The highest BCUT2D eigenvalue weighted by Crippen LogP contribution is 2.40. The number of hydrogen-bond donors (Lipinski definition) is 0. The number of nitrogens with zero attached hydrogens (tertiary/aromatic N) is 4. The van der Waals surface area contributed by atoms with E-state index in [-0.39, 0.29) is 11.0 Å². The zero-order valence-corrected chi connectivity index (χ0v) is 17.8. The first-order valence-corrected chi connectivity index (χ1v) is 10.0. The second kappa shape index (κ2) is 9.04. The molecule has 3 rings (SSSR count). The molecule has 0 saturated carbocycles. The average Bonchev–Trinajstić information content (AvgIpc) is 3.08. The Morgan fingerprint density at radius 3 is 2.41 bits per heavy atom. The van der Waals surface area contributed by atoms with Gasteiger partial charge in [-0.05, 0) is 39.7 Å². The molecule has 0 N–H and O–H groups in total. The highest BCUT2D eigenvalue weighted by atomic mass is 79.9. The van der Waals surface area contributed by atoms with Crippen LogP contribution in [0.1, 0.15) is 5.56 Å². The van der Waals surface area contributed by atoms with E-state index in [0.717, 1.165) is 21.9 Å². The van der Waals surface area contributed by atoms with Crippen LogP contribution in [0.25, 0.3) is 11.4 Å². The van der Waals surface area contributed by atoms with Gasteiger partial charge in [0, 0.05) is 23.7 Å². The van der Waals surface area contributed by atoms with E-state index < -0.39 is 12.7 Å². The fourth-order valence-corrected chi connectivity index (χ4v) is 4.36. The Morgan fingerprint density at radius 1 is 1.07 bits per heavy atom. The Balaban J connectivity index is 1.91. The first kappa shape index (κ1) is 21.4. The van der Waals surface area contributed by atoms with Gasteiger partial charge in [-0.2, -0.15) is 13.2 Å². The van der Waals surface area contributed by atoms with Crippen LogP contribution < -0.4 is 9.47 Å². The second-order valence-electron chi connectivity index (χ2n) is 5.81. The number of pyridine rings is 1. The molecule has 11 heteroatoms. The molecular formula is C18H16BrF3N4O2S. The SMILES string of the molecule is COc1ccc(CSc2nnc(-c3ccncc3)n2CC(F)(F)F)c(Br)c1OC. The average molecular weight is 489 g/mol. The van der Waals surface area contributed by atoms with Gasteiger partial charge in [0.25, 0.3) is 0 Å². The molecule has 154 valence electrons.